The molecule has 63 heavy (non-hydrogen) atoms. The average Bonchev–Trinajstić information content (AvgIpc) is 4.16. The molecule has 2 heterocycles. The molecular formula is C60H42N2Si. The van der Waals surface area contributed by atoms with Gasteiger partial charge in [-0.25, -0.2) is 0 Å². The summed E-state index contributed by atoms with van der Waals surface area (Å²) in [5, 5.41) is 2.17. The number of benzene rings is 10. The van der Waals surface area contributed by atoms with E-state index < -0.39 is 92.3 Å². The highest BCUT2D eigenvalue weighted by Gasteiger charge is 2.43. The monoisotopic (exact) mass is 832 g/mol. The van der Waals surface area contributed by atoms with Crippen LogP contribution in [0.4, 0.5) is 0 Å². The average molecular weight is 833 g/mol. The van der Waals surface area contributed by atoms with Crippen LogP contribution in [0.2, 0.25) is 0 Å². The highest BCUT2D eigenvalue weighted by molar-refractivity contribution is 7.20. The molecule has 0 fully saturated rings. The molecule has 3 heteroatoms. The quantitative estimate of drug-likeness (QED) is 0.107. The molecule has 0 aliphatic rings. The second-order valence-corrected chi connectivity index (χ2v) is 19.1. The van der Waals surface area contributed by atoms with Crippen LogP contribution >= 0.6 is 0 Å². The van der Waals surface area contributed by atoms with E-state index in [4.69, 9.17) is 5.48 Å². The molecule has 12 aromatic rings. The fourth-order valence-electron chi connectivity index (χ4n) is 9.28. The van der Waals surface area contributed by atoms with Crippen LogP contribution in [0, 0.1) is 0 Å². The summed E-state index contributed by atoms with van der Waals surface area (Å²) < 4.78 is 137. The van der Waals surface area contributed by atoms with Crippen molar-refractivity contribution in [2.24, 2.45) is 0 Å². The fourth-order valence-corrected chi connectivity index (χ4v) is 14.1. The largest absolute Gasteiger partial charge is 0.309 e. The highest BCUT2D eigenvalue weighted by Crippen LogP contribution is 2.38. The Kier molecular flexibility index (Phi) is 6.04. The van der Waals surface area contributed by atoms with Gasteiger partial charge >= 0.3 is 0 Å². The Labute approximate surface area is 387 Å². The molecule has 0 aliphatic heterocycles. The molecular weight excluding hydrogens is 777 g/mol. The molecule has 12 rings (SSSR count). The Balaban J connectivity index is 1.26. The van der Waals surface area contributed by atoms with Crippen LogP contribution < -0.4 is 20.7 Å². The molecule has 0 spiro atoms. The summed E-state index contributed by atoms with van der Waals surface area (Å²) >= 11 is 0. The zero-order valence-electron chi connectivity index (χ0n) is 47.6. The summed E-state index contributed by atoms with van der Waals surface area (Å²) in [6.07, 6.45) is 0. The van der Waals surface area contributed by atoms with Crippen molar-refractivity contribution >= 4 is 72.4 Å². The van der Waals surface area contributed by atoms with E-state index in [1.165, 1.54) is 9.13 Å². The molecule has 0 radical (unpaired) electrons. The van der Waals surface area contributed by atoms with Gasteiger partial charge in [-0.2, -0.15) is 0 Å². The van der Waals surface area contributed by atoms with Crippen LogP contribution in [0.5, 0.6) is 0 Å². The fraction of sp³-hybridized carbons (Fsp3) is 0. The summed E-state index contributed by atoms with van der Waals surface area (Å²) in [6, 6.07) is 45.7. The lowest BCUT2D eigenvalue weighted by Crippen LogP contribution is -2.74. The Morgan fingerprint density at radius 2 is 0.810 bits per heavy atom. The molecule has 0 bridgehead atoms. The van der Waals surface area contributed by atoms with E-state index in [2.05, 4.69) is 0 Å². The molecule has 2 aromatic heterocycles. The molecule has 10 aromatic carbocycles. The lowest BCUT2D eigenvalue weighted by atomic mass is 9.99. The van der Waals surface area contributed by atoms with E-state index in [0.29, 0.717) is 5.69 Å². The Morgan fingerprint density at radius 3 is 1.46 bits per heavy atom. The van der Waals surface area contributed by atoms with Crippen molar-refractivity contribution in [1.29, 1.82) is 0 Å². The second-order valence-electron chi connectivity index (χ2n) is 15.4. The number of aromatic nitrogens is 2. The first kappa shape index (κ1) is 25.1. The lowest BCUT2D eigenvalue weighted by molar-refractivity contribution is 1.17. The first-order valence-electron chi connectivity index (χ1n) is 27.6. The third-order valence-corrected chi connectivity index (χ3v) is 16.7. The van der Waals surface area contributed by atoms with E-state index >= 15 is 0 Å². The van der Waals surface area contributed by atoms with Crippen LogP contribution in [-0.4, -0.2) is 17.2 Å². The van der Waals surface area contributed by atoms with Crippen molar-refractivity contribution in [2.75, 3.05) is 0 Å². The summed E-state index contributed by atoms with van der Waals surface area (Å²) in [5.41, 5.74) is 2.85. The number of hydrogen-bond acceptors (Lipinski definition) is 0. The van der Waals surface area contributed by atoms with Crippen molar-refractivity contribution in [1.82, 2.24) is 9.13 Å². The van der Waals surface area contributed by atoms with Gasteiger partial charge in [0, 0.05) is 32.9 Å². The molecule has 0 N–H and O–H groups in total. The zero-order valence-corrected chi connectivity index (χ0v) is 34.6. The Morgan fingerprint density at radius 1 is 0.333 bits per heavy atom. The Bertz CT molecular complexity index is 4340. The van der Waals surface area contributed by atoms with Crippen LogP contribution in [0.1, 0.15) is 19.2 Å². The van der Waals surface area contributed by atoms with Gasteiger partial charge in [-0.05, 0) is 97.5 Å². The van der Waals surface area contributed by atoms with Crippen molar-refractivity contribution in [3.8, 4) is 33.6 Å². The number of para-hydroxylation sites is 2. The van der Waals surface area contributed by atoms with E-state index in [1.807, 2.05) is 158 Å². The summed E-state index contributed by atoms with van der Waals surface area (Å²) in [5.74, 6) is 0. The number of nitrogens with zero attached hydrogens (tertiary/aromatic N) is 2. The zero-order chi connectivity index (χ0) is 53.9. The van der Waals surface area contributed by atoms with Gasteiger partial charge in [-0.3, -0.25) is 0 Å². The third-order valence-electron chi connectivity index (χ3n) is 12.0. The molecule has 2 nitrogen and oxygen atoms in total. The number of hydrogen-bond donors (Lipinski definition) is 0. The summed E-state index contributed by atoms with van der Waals surface area (Å²) in [7, 11) is -3.94. The predicted molar refractivity (Wildman–Crippen MR) is 270 cm³/mol. The molecule has 296 valence electrons. The minimum absolute atomic E-state index is 0.0455. The minimum atomic E-state index is -3.94. The maximum atomic E-state index is 10.4. The predicted octanol–water partition coefficient (Wildman–Crippen LogP) is 12.6. The van der Waals surface area contributed by atoms with Gasteiger partial charge in [0.15, 0.2) is 8.07 Å². The van der Waals surface area contributed by atoms with Crippen LogP contribution in [0.25, 0.3) is 77.2 Å². The maximum Gasteiger partial charge on any atom is 0.180 e. The topological polar surface area (TPSA) is 9.86 Å². The number of fused-ring (bicyclic) bond motifs is 6. The van der Waals surface area contributed by atoms with Gasteiger partial charge < -0.3 is 9.13 Å². The minimum Gasteiger partial charge on any atom is -0.309 e. The normalized spacial score (nSPS) is 14.9. The molecule has 0 saturated carbocycles. The second kappa shape index (κ2) is 15.2. The summed E-state index contributed by atoms with van der Waals surface area (Å²) in [4.78, 5) is 0. The van der Waals surface area contributed by atoms with Gasteiger partial charge in [0.05, 0.1) is 41.3 Å². The van der Waals surface area contributed by atoms with Gasteiger partial charge in [0.2, 0.25) is 0 Å². The molecule has 0 saturated heterocycles. The van der Waals surface area contributed by atoms with Gasteiger partial charge in [-0.15, -0.1) is 0 Å². The van der Waals surface area contributed by atoms with Crippen molar-refractivity contribution in [3.63, 3.8) is 0 Å². The smallest absolute Gasteiger partial charge is 0.180 e. The van der Waals surface area contributed by atoms with E-state index in [-0.39, 0.29) is 54.8 Å². The standard InChI is InChI=1S/C60H42N2Si/c1-5-20-43(21-6-1)44-22-17-23-45(40-44)46-24-18-25-47(41-46)61-55-34-15-13-32-52(55)54-42-48(38-39-57(54)61)62-56-35-16-14-33-53(56)60-58(62)36-19-37-59(60)63(49-26-7-2-8-27-49,50-28-9-3-10-29-50)51-30-11-4-12-31-51/h1-42H/i13D,14D,15D,16D,19D,32D,33D,34D,35D,36D,37D,38D,39D,42D. The van der Waals surface area contributed by atoms with Gasteiger partial charge in [-0.1, -0.05) is 200 Å². The van der Waals surface area contributed by atoms with Crippen LogP contribution in [0.15, 0.2) is 254 Å². The molecule has 0 atom stereocenters. The van der Waals surface area contributed by atoms with Crippen molar-refractivity contribution in [2.45, 2.75) is 0 Å². The Hall–Kier alpha value is -7.98. The maximum absolute atomic E-state index is 10.4. The van der Waals surface area contributed by atoms with Crippen molar-refractivity contribution in [3.05, 3.63) is 254 Å². The highest BCUT2D eigenvalue weighted by atomic mass is 28.3. The van der Waals surface area contributed by atoms with Crippen molar-refractivity contribution < 1.29 is 19.2 Å². The first-order chi connectivity index (χ1) is 37.1. The van der Waals surface area contributed by atoms with Crippen LogP contribution in [0.3, 0.4) is 0 Å². The SMILES string of the molecule is [2H]c1c([2H])c([2H])c2c(c1[2H])c1c([2H])c(-n3c4c([2H])c([2H])c([2H])c([2H])c4c4c([Si](c5ccccc5)(c5ccccc5)c5ccccc5)c([2H])c([2H])c([2H])c43)c([2H])c([2H])c1n2-c1cccc(-c2cccc(-c3ccccc3)c2)c1. The summed E-state index contributed by atoms with van der Waals surface area (Å²) in [6.45, 7) is 0. The first-order valence-corrected chi connectivity index (χ1v) is 22.6. The molecule has 0 amide bonds. The lowest BCUT2D eigenvalue weighted by Gasteiger charge is -2.35. The molecule has 0 aliphatic carbocycles. The third kappa shape index (κ3) is 5.93. The van der Waals surface area contributed by atoms with E-state index in [0.717, 1.165) is 37.8 Å². The number of rotatable bonds is 8. The van der Waals surface area contributed by atoms with Gasteiger partial charge in [0.25, 0.3) is 0 Å². The van der Waals surface area contributed by atoms with Crippen LogP contribution in [-0.2, 0) is 0 Å². The van der Waals surface area contributed by atoms with E-state index in [1.54, 1.807) is 12.1 Å². The molecule has 0 unspecified atom stereocenters. The van der Waals surface area contributed by atoms with E-state index in [9.17, 15) is 13.7 Å². The van der Waals surface area contributed by atoms with Gasteiger partial charge in [0.1, 0.15) is 0 Å².